The van der Waals surface area contributed by atoms with Gasteiger partial charge in [-0.05, 0) is 47.2 Å². The van der Waals surface area contributed by atoms with Crippen LogP contribution in [-0.2, 0) is 5.33 Å². The van der Waals surface area contributed by atoms with Gasteiger partial charge in [0.1, 0.15) is 17.3 Å². The van der Waals surface area contributed by atoms with Crippen LogP contribution in [-0.4, -0.2) is 0 Å². The highest BCUT2D eigenvalue weighted by Gasteiger charge is 2.09. The summed E-state index contributed by atoms with van der Waals surface area (Å²) in [4.78, 5) is 0. The zero-order valence-corrected chi connectivity index (χ0v) is 14.1. The Morgan fingerprint density at radius 2 is 1.71 bits per heavy atom. The molecule has 0 saturated heterocycles. The van der Waals surface area contributed by atoms with Gasteiger partial charge in [-0.2, -0.15) is 0 Å². The van der Waals surface area contributed by atoms with Gasteiger partial charge in [0, 0.05) is 15.4 Å². The smallest absolute Gasteiger partial charge is 0.134 e. The molecule has 0 atom stereocenters. The second-order valence-corrected chi connectivity index (χ2v) is 6.08. The highest BCUT2D eigenvalue weighted by atomic mass is 79.9. The highest BCUT2D eigenvalue weighted by molar-refractivity contribution is 9.10. The van der Waals surface area contributed by atoms with Crippen LogP contribution in [0.4, 0.5) is 4.39 Å². The summed E-state index contributed by atoms with van der Waals surface area (Å²) in [6.45, 7) is 0. The van der Waals surface area contributed by atoms with Crippen molar-refractivity contribution in [2.24, 2.45) is 0 Å². The molecular formula is C17H11Br2FO. The van der Waals surface area contributed by atoms with E-state index < -0.39 is 0 Å². The molecule has 3 aromatic carbocycles. The molecule has 0 aliphatic carbocycles. The summed E-state index contributed by atoms with van der Waals surface area (Å²) in [7, 11) is 0. The molecule has 0 bridgehead atoms. The number of alkyl halides is 1. The molecule has 3 rings (SSSR count). The van der Waals surface area contributed by atoms with Crippen LogP contribution in [0.2, 0.25) is 0 Å². The Balaban J connectivity index is 1.98. The zero-order chi connectivity index (χ0) is 14.8. The maximum Gasteiger partial charge on any atom is 0.134 e. The average molecular weight is 410 g/mol. The first-order valence-corrected chi connectivity index (χ1v) is 8.29. The lowest BCUT2D eigenvalue weighted by molar-refractivity contribution is 0.471. The third-order valence-electron chi connectivity index (χ3n) is 3.21. The average Bonchev–Trinajstić information content (AvgIpc) is 2.48. The number of hydrogen-bond acceptors (Lipinski definition) is 1. The van der Waals surface area contributed by atoms with Gasteiger partial charge in [-0.25, -0.2) is 4.39 Å². The molecular weight excluding hydrogens is 399 g/mol. The predicted molar refractivity (Wildman–Crippen MR) is 90.8 cm³/mol. The van der Waals surface area contributed by atoms with Crippen LogP contribution in [0.1, 0.15) is 5.56 Å². The molecule has 0 fully saturated rings. The normalized spacial score (nSPS) is 10.8. The molecule has 0 aliphatic rings. The Bertz CT molecular complexity index is 802. The minimum atomic E-state index is -0.269. The lowest BCUT2D eigenvalue weighted by atomic mass is 10.1. The molecule has 0 aromatic heterocycles. The second kappa shape index (κ2) is 6.16. The third-order valence-corrected chi connectivity index (χ3v) is 4.27. The van der Waals surface area contributed by atoms with E-state index in [0.717, 1.165) is 15.2 Å². The SMILES string of the molecule is Fc1cccc(Oc2ccc3cc(Br)ccc3c2)c1CBr. The van der Waals surface area contributed by atoms with Crippen molar-refractivity contribution in [3.8, 4) is 11.5 Å². The fourth-order valence-corrected chi connectivity index (χ4v) is 3.07. The maximum atomic E-state index is 13.7. The van der Waals surface area contributed by atoms with Crippen molar-refractivity contribution in [1.29, 1.82) is 0 Å². The van der Waals surface area contributed by atoms with Gasteiger partial charge in [0.05, 0.1) is 0 Å². The van der Waals surface area contributed by atoms with Crippen LogP contribution in [0.15, 0.2) is 59.1 Å². The van der Waals surface area contributed by atoms with E-state index in [4.69, 9.17) is 4.74 Å². The van der Waals surface area contributed by atoms with Gasteiger partial charge in [-0.15, -0.1) is 0 Å². The van der Waals surface area contributed by atoms with Gasteiger partial charge in [-0.1, -0.05) is 50.1 Å². The summed E-state index contributed by atoms with van der Waals surface area (Å²) in [5.41, 5.74) is 0.522. The largest absolute Gasteiger partial charge is 0.457 e. The van der Waals surface area contributed by atoms with Crippen molar-refractivity contribution >= 4 is 42.6 Å². The molecule has 0 aliphatic heterocycles. The van der Waals surface area contributed by atoms with Crippen LogP contribution in [0, 0.1) is 5.82 Å². The highest BCUT2D eigenvalue weighted by Crippen LogP contribution is 2.31. The minimum absolute atomic E-state index is 0.269. The first-order chi connectivity index (χ1) is 10.2. The number of ether oxygens (including phenoxy) is 1. The number of halogens is 3. The Kier molecular flexibility index (Phi) is 4.27. The van der Waals surface area contributed by atoms with E-state index in [1.807, 2.05) is 36.4 Å². The topological polar surface area (TPSA) is 9.23 Å². The van der Waals surface area contributed by atoms with Gasteiger partial charge in [0.2, 0.25) is 0 Å². The van der Waals surface area contributed by atoms with E-state index in [2.05, 4.69) is 31.9 Å². The molecule has 1 nitrogen and oxygen atoms in total. The van der Waals surface area contributed by atoms with Crippen molar-refractivity contribution in [2.75, 3.05) is 0 Å². The Morgan fingerprint density at radius 3 is 2.52 bits per heavy atom. The fraction of sp³-hybridized carbons (Fsp3) is 0.0588. The summed E-state index contributed by atoms with van der Waals surface area (Å²) < 4.78 is 20.6. The van der Waals surface area contributed by atoms with E-state index in [1.165, 1.54) is 6.07 Å². The molecule has 0 unspecified atom stereocenters. The first-order valence-electron chi connectivity index (χ1n) is 6.38. The quantitative estimate of drug-likeness (QED) is 0.453. The molecule has 0 saturated carbocycles. The van der Waals surface area contributed by atoms with E-state index in [-0.39, 0.29) is 5.82 Å². The molecule has 0 spiro atoms. The van der Waals surface area contributed by atoms with Crippen molar-refractivity contribution in [3.63, 3.8) is 0 Å². The molecule has 0 heterocycles. The Labute approximate surface area is 139 Å². The van der Waals surface area contributed by atoms with Gasteiger partial charge in [-0.3, -0.25) is 0 Å². The van der Waals surface area contributed by atoms with Crippen molar-refractivity contribution < 1.29 is 9.13 Å². The number of hydrogen-bond donors (Lipinski definition) is 0. The number of rotatable bonds is 3. The van der Waals surface area contributed by atoms with Crippen molar-refractivity contribution in [3.05, 3.63) is 70.5 Å². The Hall–Kier alpha value is -1.39. The summed E-state index contributed by atoms with van der Waals surface area (Å²) in [6, 6.07) is 16.7. The van der Waals surface area contributed by atoms with Crippen LogP contribution >= 0.6 is 31.9 Å². The van der Waals surface area contributed by atoms with Crippen LogP contribution < -0.4 is 4.74 Å². The van der Waals surface area contributed by atoms with Gasteiger partial charge >= 0.3 is 0 Å². The van der Waals surface area contributed by atoms with Gasteiger partial charge in [0.25, 0.3) is 0 Å². The molecule has 0 N–H and O–H groups in total. The minimum Gasteiger partial charge on any atom is -0.457 e. The fourth-order valence-electron chi connectivity index (χ4n) is 2.15. The van der Waals surface area contributed by atoms with E-state index in [1.54, 1.807) is 12.1 Å². The summed E-state index contributed by atoms with van der Waals surface area (Å²) >= 11 is 6.75. The summed E-state index contributed by atoms with van der Waals surface area (Å²) in [6.07, 6.45) is 0. The molecule has 3 aromatic rings. The standard InChI is InChI=1S/C17H11Br2FO/c18-10-15-16(20)2-1-3-17(15)21-14-7-5-11-8-13(19)6-4-12(11)9-14/h1-9H,10H2. The van der Waals surface area contributed by atoms with Crippen molar-refractivity contribution in [2.45, 2.75) is 5.33 Å². The van der Waals surface area contributed by atoms with E-state index in [0.29, 0.717) is 22.4 Å². The molecule has 0 radical (unpaired) electrons. The number of benzene rings is 3. The van der Waals surface area contributed by atoms with Gasteiger partial charge in [0.15, 0.2) is 0 Å². The molecule has 106 valence electrons. The molecule has 21 heavy (non-hydrogen) atoms. The number of fused-ring (bicyclic) bond motifs is 1. The van der Waals surface area contributed by atoms with E-state index >= 15 is 0 Å². The molecule has 4 heteroatoms. The lowest BCUT2D eigenvalue weighted by Gasteiger charge is -2.11. The van der Waals surface area contributed by atoms with Gasteiger partial charge < -0.3 is 4.74 Å². The monoisotopic (exact) mass is 408 g/mol. The van der Waals surface area contributed by atoms with Crippen LogP contribution in [0.3, 0.4) is 0 Å². The Morgan fingerprint density at radius 1 is 0.952 bits per heavy atom. The zero-order valence-electron chi connectivity index (χ0n) is 10.9. The second-order valence-electron chi connectivity index (χ2n) is 4.61. The molecule has 0 amide bonds. The lowest BCUT2D eigenvalue weighted by Crippen LogP contribution is -1.93. The van der Waals surface area contributed by atoms with Crippen LogP contribution in [0.5, 0.6) is 11.5 Å². The van der Waals surface area contributed by atoms with Crippen molar-refractivity contribution in [1.82, 2.24) is 0 Å². The van der Waals surface area contributed by atoms with E-state index in [9.17, 15) is 4.39 Å². The summed E-state index contributed by atoms with van der Waals surface area (Å²) in [5.74, 6) is 0.954. The maximum absolute atomic E-state index is 13.7. The predicted octanol–water partition coefficient (Wildman–Crippen LogP) is 6.43. The van der Waals surface area contributed by atoms with Crippen LogP contribution in [0.25, 0.3) is 10.8 Å². The third kappa shape index (κ3) is 3.11. The first kappa shape index (κ1) is 14.5. The summed E-state index contributed by atoms with van der Waals surface area (Å²) in [5, 5.41) is 2.61.